The van der Waals surface area contributed by atoms with Crippen molar-refractivity contribution in [3.63, 3.8) is 0 Å². The maximum absolute atomic E-state index is 12.8. The van der Waals surface area contributed by atoms with Crippen molar-refractivity contribution >= 4 is 21.6 Å². The number of nitrogens with zero attached hydrogens (tertiary/aromatic N) is 3. The van der Waals surface area contributed by atoms with Crippen molar-refractivity contribution in [1.82, 2.24) is 9.78 Å². The molecule has 2 aromatic rings. The molecule has 1 heterocycles. The van der Waals surface area contributed by atoms with Gasteiger partial charge in [-0.3, -0.25) is 10.1 Å². The van der Waals surface area contributed by atoms with Crippen molar-refractivity contribution < 1.29 is 18.1 Å². The highest BCUT2D eigenvalue weighted by molar-refractivity contribution is 9.10. The van der Waals surface area contributed by atoms with Gasteiger partial charge in [-0.2, -0.15) is 18.3 Å². The molecule has 0 radical (unpaired) electrons. The zero-order valence-electron chi connectivity index (χ0n) is 9.06. The predicted octanol–water partition coefficient (Wildman–Crippen LogP) is 3.56. The molecule has 0 aliphatic rings. The molecule has 0 N–H and O–H groups in total. The van der Waals surface area contributed by atoms with Crippen LogP contribution < -0.4 is 0 Å². The highest BCUT2D eigenvalue weighted by atomic mass is 79.9. The summed E-state index contributed by atoms with van der Waals surface area (Å²) in [7, 11) is 0. The van der Waals surface area contributed by atoms with E-state index in [-0.39, 0.29) is 5.69 Å². The van der Waals surface area contributed by atoms with Crippen molar-refractivity contribution in [2.24, 2.45) is 0 Å². The summed E-state index contributed by atoms with van der Waals surface area (Å²) in [6, 6.07) is 2.71. The number of benzene rings is 1. The van der Waals surface area contributed by atoms with Crippen LogP contribution in [0.1, 0.15) is 5.56 Å². The molecule has 0 bridgehead atoms. The monoisotopic (exact) mass is 335 g/mol. The first kappa shape index (κ1) is 13.5. The van der Waals surface area contributed by atoms with E-state index in [1.54, 1.807) is 0 Å². The van der Waals surface area contributed by atoms with Crippen molar-refractivity contribution in [3.05, 3.63) is 50.7 Å². The zero-order valence-corrected chi connectivity index (χ0v) is 10.6. The maximum Gasteiger partial charge on any atom is 0.423 e. The highest BCUT2D eigenvalue weighted by Crippen LogP contribution is 2.37. The van der Waals surface area contributed by atoms with Gasteiger partial charge in [0.25, 0.3) is 5.69 Å². The van der Waals surface area contributed by atoms with Crippen LogP contribution in [0, 0.1) is 10.1 Å². The lowest BCUT2D eigenvalue weighted by Crippen LogP contribution is -2.10. The summed E-state index contributed by atoms with van der Waals surface area (Å²) in [5, 5.41) is 14.4. The predicted molar refractivity (Wildman–Crippen MR) is 62.9 cm³/mol. The first-order chi connectivity index (χ1) is 8.79. The van der Waals surface area contributed by atoms with Crippen LogP contribution in [0.3, 0.4) is 0 Å². The molecular formula is C10H5BrF3N3O2. The highest BCUT2D eigenvalue weighted by Gasteiger charge is 2.38. The molecule has 9 heteroatoms. The molecule has 0 saturated carbocycles. The third kappa shape index (κ3) is 2.75. The summed E-state index contributed by atoms with van der Waals surface area (Å²) in [5.74, 6) is 0. The SMILES string of the molecule is O=[N+]([O-])c1ccc(-n2cc(Br)cn2)cc1C(F)(F)F. The largest absolute Gasteiger partial charge is 0.423 e. The molecule has 0 saturated heterocycles. The Labute approximate surface area is 112 Å². The summed E-state index contributed by atoms with van der Waals surface area (Å²) in [6.07, 6.45) is -1.96. The van der Waals surface area contributed by atoms with E-state index in [0.29, 0.717) is 10.5 Å². The number of aromatic nitrogens is 2. The van der Waals surface area contributed by atoms with Gasteiger partial charge in [0.15, 0.2) is 0 Å². The summed E-state index contributed by atoms with van der Waals surface area (Å²) >= 11 is 3.11. The Hall–Kier alpha value is -1.90. The Morgan fingerprint density at radius 1 is 1.37 bits per heavy atom. The van der Waals surface area contributed by atoms with Gasteiger partial charge in [0.2, 0.25) is 0 Å². The van der Waals surface area contributed by atoms with Gasteiger partial charge in [0, 0.05) is 12.3 Å². The second-order valence-electron chi connectivity index (χ2n) is 3.56. The molecule has 100 valence electrons. The third-order valence-corrected chi connectivity index (χ3v) is 2.71. The Morgan fingerprint density at radius 3 is 2.53 bits per heavy atom. The fourth-order valence-corrected chi connectivity index (χ4v) is 1.78. The standard InChI is InChI=1S/C10H5BrF3N3O2/c11-6-4-15-16(5-6)7-1-2-9(17(18)19)8(3-7)10(12,13)14/h1-5H. The number of hydrogen-bond donors (Lipinski definition) is 0. The van der Waals surface area contributed by atoms with E-state index in [2.05, 4.69) is 21.0 Å². The first-order valence-corrected chi connectivity index (χ1v) is 5.64. The molecule has 0 aliphatic carbocycles. The van der Waals surface area contributed by atoms with E-state index in [1.807, 2.05) is 0 Å². The zero-order chi connectivity index (χ0) is 14.2. The number of halogens is 4. The number of nitro benzene ring substituents is 1. The first-order valence-electron chi connectivity index (χ1n) is 4.85. The summed E-state index contributed by atoms with van der Waals surface area (Å²) < 4.78 is 40.1. The summed E-state index contributed by atoms with van der Waals surface area (Å²) in [6.45, 7) is 0. The van der Waals surface area contributed by atoms with Crippen LogP contribution in [0.5, 0.6) is 0 Å². The molecule has 0 fully saturated rings. The van der Waals surface area contributed by atoms with Crippen LogP contribution in [0.2, 0.25) is 0 Å². The van der Waals surface area contributed by atoms with E-state index < -0.39 is 22.4 Å². The lowest BCUT2D eigenvalue weighted by molar-refractivity contribution is -0.388. The molecular weight excluding hydrogens is 331 g/mol. The quantitative estimate of drug-likeness (QED) is 0.622. The Bertz CT molecular complexity index is 639. The van der Waals surface area contributed by atoms with Gasteiger partial charge >= 0.3 is 6.18 Å². The average Bonchev–Trinajstić information content (AvgIpc) is 2.74. The molecule has 1 aromatic heterocycles. The molecule has 1 aromatic carbocycles. The van der Waals surface area contributed by atoms with Gasteiger partial charge in [-0.15, -0.1) is 0 Å². The minimum absolute atomic E-state index is 0.0867. The second-order valence-corrected chi connectivity index (χ2v) is 4.48. The fraction of sp³-hybridized carbons (Fsp3) is 0.100. The number of hydrogen-bond acceptors (Lipinski definition) is 3. The molecule has 0 spiro atoms. The summed E-state index contributed by atoms with van der Waals surface area (Å²) in [5.41, 5.74) is -2.20. The minimum atomic E-state index is -4.80. The van der Waals surface area contributed by atoms with Crippen molar-refractivity contribution in [2.45, 2.75) is 6.18 Å². The maximum atomic E-state index is 12.8. The fourth-order valence-electron chi connectivity index (χ4n) is 1.49. The Morgan fingerprint density at radius 2 is 2.05 bits per heavy atom. The second kappa shape index (κ2) is 4.65. The Kier molecular flexibility index (Phi) is 3.31. The molecule has 0 atom stereocenters. The molecule has 0 aliphatic heterocycles. The van der Waals surface area contributed by atoms with E-state index >= 15 is 0 Å². The smallest absolute Gasteiger partial charge is 0.258 e. The van der Waals surface area contributed by atoms with Gasteiger partial charge in [-0.05, 0) is 28.1 Å². The van der Waals surface area contributed by atoms with Gasteiger partial charge in [0.05, 0.1) is 21.3 Å². The normalized spacial score (nSPS) is 11.6. The van der Waals surface area contributed by atoms with Gasteiger partial charge in [-0.1, -0.05) is 0 Å². The molecule has 2 rings (SSSR count). The van der Waals surface area contributed by atoms with Gasteiger partial charge in [0.1, 0.15) is 5.56 Å². The van der Waals surface area contributed by atoms with Crippen LogP contribution in [0.25, 0.3) is 5.69 Å². The number of alkyl halides is 3. The van der Waals surface area contributed by atoms with Gasteiger partial charge < -0.3 is 0 Å². The van der Waals surface area contributed by atoms with Crippen LogP contribution in [0.4, 0.5) is 18.9 Å². The third-order valence-electron chi connectivity index (χ3n) is 2.30. The van der Waals surface area contributed by atoms with E-state index in [9.17, 15) is 23.3 Å². The summed E-state index contributed by atoms with van der Waals surface area (Å²) in [4.78, 5) is 9.53. The Balaban J connectivity index is 2.59. The van der Waals surface area contributed by atoms with Gasteiger partial charge in [-0.25, -0.2) is 4.68 Å². The number of nitro groups is 1. The average molecular weight is 336 g/mol. The van der Waals surface area contributed by atoms with Crippen LogP contribution in [0.15, 0.2) is 35.1 Å². The van der Waals surface area contributed by atoms with E-state index in [4.69, 9.17) is 0 Å². The minimum Gasteiger partial charge on any atom is -0.258 e. The molecule has 19 heavy (non-hydrogen) atoms. The number of rotatable bonds is 2. The molecule has 5 nitrogen and oxygen atoms in total. The van der Waals surface area contributed by atoms with E-state index in [0.717, 1.165) is 6.07 Å². The van der Waals surface area contributed by atoms with E-state index in [1.165, 1.54) is 23.1 Å². The van der Waals surface area contributed by atoms with Crippen molar-refractivity contribution in [1.29, 1.82) is 0 Å². The lowest BCUT2D eigenvalue weighted by Gasteiger charge is -2.09. The topological polar surface area (TPSA) is 61.0 Å². The lowest BCUT2D eigenvalue weighted by atomic mass is 10.1. The van der Waals surface area contributed by atoms with Crippen LogP contribution in [-0.2, 0) is 6.18 Å². The molecule has 0 unspecified atom stereocenters. The van der Waals surface area contributed by atoms with Crippen LogP contribution >= 0.6 is 15.9 Å². The van der Waals surface area contributed by atoms with Crippen molar-refractivity contribution in [2.75, 3.05) is 0 Å². The van der Waals surface area contributed by atoms with Crippen molar-refractivity contribution in [3.8, 4) is 5.69 Å². The van der Waals surface area contributed by atoms with Crippen LogP contribution in [-0.4, -0.2) is 14.7 Å². The molecule has 0 amide bonds.